The van der Waals surface area contributed by atoms with Crippen molar-refractivity contribution in [2.75, 3.05) is 26.4 Å². The predicted octanol–water partition coefficient (Wildman–Crippen LogP) is 13.2. The first-order valence-corrected chi connectivity index (χ1v) is 40.0. The summed E-state index contributed by atoms with van der Waals surface area (Å²) in [4.78, 5) is 13.5. The SMILES string of the molecule is CC/C=C\C/C=C\C/C=C\C/C=C\C/C=C\C/C=C\CCCCCCCCCCCCCCC(=O)NC(COC1OC(CO)C(OC2OC(CO)C(OC3OC(CO)C(O)C(O)C3O)C(O)C2O)C(O)C1O)C(O)/C=C/CC/C=C/CCCCCCCCCCCCCCCCCCCCC. The van der Waals surface area contributed by atoms with Crippen LogP contribution in [-0.2, 0) is 33.2 Å². The zero-order valence-corrected chi connectivity index (χ0v) is 62.4. The first-order chi connectivity index (χ1) is 49.3. The second kappa shape index (κ2) is 61.8. The Bertz CT molecular complexity index is 2200. The average Bonchev–Trinajstić information content (AvgIpc) is 0.792. The maximum absolute atomic E-state index is 13.5. The summed E-state index contributed by atoms with van der Waals surface area (Å²) in [5.74, 6) is -0.289. The number of ether oxygens (including phenoxy) is 6. The molecule has 0 bridgehead atoms. The van der Waals surface area contributed by atoms with Crippen LogP contribution in [0.3, 0.4) is 0 Å². The number of nitrogens with one attached hydrogen (secondary N) is 1. The molecule has 0 aromatic rings. The summed E-state index contributed by atoms with van der Waals surface area (Å²) in [6.45, 7) is 1.62. The fraction of sp³-hybridized carbons (Fsp3) is 0.793. The molecule has 1 amide bonds. The smallest absolute Gasteiger partial charge is 0.220 e. The predicted molar refractivity (Wildman–Crippen MR) is 401 cm³/mol. The Balaban J connectivity index is 1.39. The van der Waals surface area contributed by atoms with Crippen molar-refractivity contribution in [2.24, 2.45) is 0 Å². The maximum atomic E-state index is 13.5. The van der Waals surface area contributed by atoms with Crippen LogP contribution >= 0.6 is 0 Å². The highest BCUT2D eigenvalue weighted by Gasteiger charge is 2.54. The van der Waals surface area contributed by atoms with Crippen molar-refractivity contribution in [3.8, 4) is 0 Å². The van der Waals surface area contributed by atoms with Gasteiger partial charge in [-0.3, -0.25) is 4.79 Å². The molecule has 19 nitrogen and oxygen atoms in total. The summed E-state index contributed by atoms with van der Waals surface area (Å²) in [5.41, 5.74) is 0. The van der Waals surface area contributed by atoms with E-state index in [4.69, 9.17) is 28.4 Å². The number of amides is 1. The first kappa shape index (κ1) is 91.9. The molecular weight excluding hydrogens is 1290 g/mol. The molecule has 3 saturated heterocycles. The van der Waals surface area contributed by atoms with Crippen molar-refractivity contribution in [3.63, 3.8) is 0 Å². The number of carbonyl (C=O) groups excluding carboxylic acids is 1. The summed E-state index contributed by atoms with van der Waals surface area (Å²) in [5, 5.41) is 121. The van der Waals surface area contributed by atoms with Crippen molar-refractivity contribution in [3.05, 3.63) is 97.2 Å². The molecule has 3 aliphatic heterocycles. The molecule has 17 atom stereocenters. The standard InChI is InChI=1S/C82H143NO18/c1-3-5-7-9-11-13-15-17-19-21-23-25-27-29-30-31-32-33-34-36-38-40-42-44-46-48-50-52-54-56-58-60-70(88)83-65(66(87)59-57-55-53-51-49-47-45-43-41-39-37-35-28-26-24-22-20-18-16-14-12-10-8-6-4-2)64-96-80-76(94)73(91)78(68(62-85)98-80)101-82-77(95)74(92)79(69(63-86)99-82)100-81-75(93)72(90)71(89)67(61-84)97-81/h5,7,11,13,17,19,23,25,29-30,32-33,49,51,57,59,65-69,71-82,84-87,89-95H,3-4,6,8-10,12,14-16,18,20-22,24,26-28,31,34-48,50,52-56,58,60-64H2,1-2H3,(H,83,88)/b7-5-,13-11-,19-17-,25-23-,30-29-,33-32-,51-49+,59-57+. The highest BCUT2D eigenvalue weighted by atomic mass is 16.8. The van der Waals surface area contributed by atoms with Crippen LogP contribution in [0.4, 0.5) is 0 Å². The van der Waals surface area contributed by atoms with Gasteiger partial charge in [0.15, 0.2) is 18.9 Å². The highest BCUT2D eigenvalue weighted by molar-refractivity contribution is 5.76. The monoisotopic (exact) mass is 1430 g/mol. The van der Waals surface area contributed by atoms with Crippen molar-refractivity contribution < 1.29 is 89.4 Å². The van der Waals surface area contributed by atoms with E-state index < -0.39 is 124 Å². The van der Waals surface area contributed by atoms with Gasteiger partial charge in [0.1, 0.15) is 73.2 Å². The van der Waals surface area contributed by atoms with Crippen LogP contribution in [0.15, 0.2) is 97.2 Å². The Morgan fingerprint density at radius 1 is 0.366 bits per heavy atom. The van der Waals surface area contributed by atoms with E-state index in [1.165, 1.54) is 161 Å². The van der Waals surface area contributed by atoms with E-state index >= 15 is 0 Å². The van der Waals surface area contributed by atoms with Gasteiger partial charge in [-0.2, -0.15) is 0 Å². The van der Waals surface area contributed by atoms with Gasteiger partial charge < -0.3 is 89.9 Å². The van der Waals surface area contributed by atoms with E-state index in [-0.39, 0.29) is 18.9 Å². The lowest BCUT2D eigenvalue weighted by Gasteiger charge is -2.48. The van der Waals surface area contributed by atoms with Gasteiger partial charge in [-0.1, -0.05) is 291 Å². The minimum absolute atomic E-state index is 0.228. The Morgan fingerprint density at radius 2 is 0.693 bits per heavy atom. The lowest BCUT2D eigenvalue weighted by atomic mass is 9.96. The van der Waals surface area contributed by atoms with Crippen LogP contribution in [0.5, 0.6) is 0 Å². The second-order valence-electron chi connectivity index (χ2n) is 28.1. The van der Waals surface area contributed by atoms with Gasteiger partial charge >= 0.3 is 0 Å². The maximum Gasteiger partial charge on any atom is 0.220 e. The van der Waals surface area contributed by atoms with Crippen LogP contribution in [0.2, 0.25) is 0 Å². The van der Waals surface area contributed by atoms with Crippen molar-refractivity contribution in [1.82, 2.24) is 5.32 Å². The van der Waals surface area contributed by atoms with Gasteiger partial charge in [0.2, 0.25) is 5.91 Å². The number of rotatable bonds is 62. The number of aliphatic hydroxyl groups excluding tert-OH is 11. The first-order valence-electron chi connectivity index (χ1n) is 40.0. The van der Waals surface area contributed by atoms with E-state index in [0.717, 1.165) is 89.9 Å². The average molecular weight is 1430 g/mol. The molecule has 17 unspecified atom stereocenters. The normalized spacial score (nSPS) is 26.8. The molecule has 0 aromatic carbocycles. The van der Waals surface area contributed by atoms with E-state index in [0.29, 0.717) is 12.8 Å². The minimum Gasteiger partial charge on any atom is -0.394 e. The van der Waals surface area contributed by atoms with E-state index in [1.807, 2.05) is 6.08 Å². The van der Waals surface area contributed by atoms with Gasteiger partial charge in [-0.05, 0) is 83.5 Å². The Morgan fingerprint density at radius 3 is 1.11 bits per heavy atom. The van der Waals surface area contributed by atoms with Crippen LogP contribution < -0.4 is 5.32 Å². The molecule has 3 heterocycles. The fourth-order valence-corrected chi connectivity index (χ4v) is 13.0. The number of hydrogen-bond acceptors (Lipinski definition) is 18. The zero-order chi connectivity index (χ0) is 73.2. The molecule has 19 heteroatoms. The molecule has 12 N–H and O–H groups in total. The molecule has 0 saturated carbocycles. The van der Waals surface area contributed by atoms with Crippen LogP contribution in [0.25, 0.3) is 0 Å². The van der Waals surface area contributed by atoms with Crippen molar-refractivity contribution in [1.29, 1.82) is 0 Å². The summed E-state index contributed by atoms with van der Waals surface area (Å²) >= 11 is 0. The Labute approximate surface area is 609 Å². The number of carbonyl (C=O) groups is 1. The number of allylic oxidation sites excluding steroid dienone is 15. The second-order valence-corrected chi connectivity index (χ2v) is 28.1. The van der Waals surface area contributed by atoms with E-state index in [2.05, 4.69) is 104 Å². The van der Waals surface area contributed by atoms with Crippen LogP contribution in [0, 0.1) is 0 Å². The molecule has 3 rings (SSSR count). The molecule has 3 aliphatic rings. The molecule has 0 aromatic heterocycles. The number of aliphatic hydroxyl groups is 11. The Kier molecular flexibility index (Phi) is 56.3. The van der Waals surface area contributed by atoms with Crippen molar-refractivity contribution >= 4 is 5.91 Å². The molecule has 0 spiro atoms. The molecule has 101 heavy (non-hydrogen) atoms. The third-order valence-electron chi connectivity index (χ3n) is 19.4. The summed E-state index contributed by atoms with van der Waals surface area (Å²) in [6.07, 6.45) is 56.7. The van der Waals surface area contributed by atoms with Gasteiger partial charge in [-0.25, -0.2) is 0 Å². The van der Waals surface area contributed by atoms with Gasteiger partial charge in [0.05, 0.1) is 38.6 Å². The third kappa shape index (κ3) is 42.0. The topological polar surface area (TPSA) is 307 Å². The largest absolute Gasteiger partial charge is 0.394 e. The molecule has 3 fully saturated rings. The Hall–Kier alpha value is -3.29. The van der Waals surface area contributed by atoms with Crippen LogP contribution in [-0.4, -0.2) is 193 Å². The zero-order valence-electron chi connectivity index (χ0n) is 62.4. The minimum atomic E-state index is -1.99. The number of unbranched alkanes of at least 4 members (excludes halogenated alkanes) is 32. The van der Waals surface area contributed by atoms with Gasteiger partial charge in [-0.15, -0.1) is 0 Å². The quantitative estimate of drug-likeness (QED) is 0.0199. The lowest BCUT2D eigenvalue weighted by Crippen LogP contribution is -2.66. The molecular formula is C82H143NO18. The molecule has 0 aliphatic carbocycles. The van der Waals surface area contributed by atoms with Crippen LogP contribution in [0.1, 0.15) is 284 Å². The third-order valence-corrected chi connectivity index (χ3v) is 19.4. The fourth-order valence-electron chi connectivity index (χ4n) is 13.0. The van der Waals surface area contributed by atoms with Crippen molar-refractivity contribution in [2.45, 2.75) is 388 Å². The molecule has 584 valence electrons. The van der Waals surface area contributed by atoms with Gasteiger partial charge in [0.25, 0.3) is 0 Å². The summed E-state index contributed by atoms with van der Waals surface area (Å²) in [6, 6.07) is -0.999. The summed E-state index contributed by atoms with van der Waals surface area (Å²) < 4.78 is 34.4. The van der Waals surface area contributed by atoms with Gasteiger partial charge in [0, 0.05) is 6.42 Å². The molecule has 0 radical (unpaired) electrons. The summed E-state index contributed by atoms with van der Waals surface area (Å²) in [7, 11) is 0. The van der Waals surface area contributed by atoms with E-state index in [1.54, 1.807) is 6.08 Å². The highest BCUT2D eigenvalue weighted by Crippen LogP contribution is 2.33. The van der Waals surface area contributed by atoms with E-state index in [9.17, 15) is 61.0 Å². The number of hydrogen-bond donors (Lipinski definition) is 12. The lowest BCUT2D eigenvalue weighted by molar-refractivity contribution is -0.379.